The van der Waals surface area contributed by atoms with E-state index in [1.165, 1.54) is 0 Å². The lowest BCUT2D eigenvalue weighted by molar-refractivity contribution is -0.224. The van der Waals surface area contributed by atoms with E-state index in [-0.39, 0.29) is 12.8 Å². The zero-order valence-electron chi connectivity index (χ0n) is 19.7. The van der Waals surface area contributed by atoms with Gasteiger partial charge in [0.2, 0.25) is 11.2 Å². The first kappa shape index (κ1) is 25.6. The summed E-state index contributed by atoms with van der Waals surface area (Å²) in [6.45, 7) is 9.90. The van der Waals surface area contributed by atoms with Crippen molar-refractivity contribution in [2.45, 2.75) is 76.8 Å². The van der Waals surface area contributed by atoms with Gasteiger partial charge in [-0.25, -0.2) is 9.59 Å². The molecule has 2 atom stereocenters. The van der Waals surface area contributed by atoms with Gasteiger partial charge in [-0.1, -0.05) is 60.7 Å². The molecule has 0 fully saturated rings. The van der Waals surface area contributed by atoms with Gasteiger partial charge in [0.1, 0.15) is 11.2 Å². The number of benzene rings is 2. The van der Waals surface area contributed by atoms with Gasteiger partial charge in [-0.3, -0.25) is 0 Å². The van der Waals surface area contributed by atoms with Gasteiger partial charge in [-0.15, -0.1) is 0 Å². The largest absolute Gasteiger partial charge is 0.458 e. The van der Waals surface area contributed by atoms with Crippen molar-refractivity contribution in [3.05, 3.63) is 71.8 Å². The first-order chi connectivity index (χ1) is 14.7. The Hall–Kier alpha value is -2.70. The molecule has 32 heavy (non-hydrogen) atoms. The molecule has 0 heterocycles. The van der Waals surface area contributed by atoms with E-state index in [0.29, 0.717) is 11.1 Å². The van der Waals surface area contributed by atoms with Crippen LogP contribution in [0.4, 0.5) is 0 Å². The Labute approximate surface area is 190 Å². The lowest BCUT2D eigenvalue weighted by atomic mass is 9.74. The van der Waals surface area contributed by atoms with E-state index in [9.17, 15) is 19.8 Å². The average molecular weight is 443 g/mol. The van der Waals surface area contributed by atoms with Crippen molar-refractivity contribution in [2.24, 2.45) is 0 Å². The summed E-state index contributed by atoms with van der Waals surface area (Å²) in [5.41, 5.74) is -6.03. The molecule has 0 unspecified atom stereocenters. The zero-order chi connectivity index (χ0) is 24.2. The van der Waals surface area contributed by atoms with Gasteiger partial charge in [0.25, 0.3) is 0 Å². The Kier molecular flexibility index (Phi) is 7.53. The van der Waals surface area contributed by atoms with Crippen molar-refractivity contribution < 1.29 is 29.3 Å². The minimum atomic E-state index is -2.61. The molecule has 2 N–H and O–H groups in total. The third-order valence-corrected chi connectivity index (χ3v) is 4.76. The Morgan fingerprint density at radius 3 is 1.16 bits per heavy atom. The van der Waals surface area contributed by atoms with E-state index < -0.39 is 34.3 Å². The summed E-state index contributed by atoms with van der Waals surface area (Å²) in [5.74, 6) is -2.20. The van der Waals surface area contributed by atoms with Crippen LogP contribution in [0.2, 0.25) is 0 Å². The second kappa shape index (κ2) is 9.43. The van der Waals surface area contributed by atoms with Gasteiger partial charge in [-0.2, -0.15) is 0 Å². The van der Waals surface area contributed by atoms with E-state index in [4.69, 9.17) is 9.47 Å². The van der Waals surface area contributed by atoms with Crippen molar-refractivity contribution in [3.63, 3.8) is 0 Å². The summed E-state index contributed by atoms with van der Waals surface area (Å²) in [6, 6.07) is 17.4. The summed E-state index contributed by atoms with van der Waals surface area (Å²) in [7, 11) is 0. The molecule has 0 bridgehead atoms. The molecule has 0 radical (unpaired) electrons. The van der Waals surface area contributed by atoms with E-state index in [2.05, 4.69) is 0 Å². The number of hydrogen-bond acceptors (Lipinski definition) is 6. The molecule has 2 aromatic rings. The van der Waals surface area contributed by atoms with Gasteiger partial charge in [0.05, 0.1) is 0 Å². The molecule has 0 aliphatic rings. The van der Waals surface area contributed by atoms with Crippen LogP contribution < -0.4 is 0 Å². The smallest absolute Gasteiger partial charge is 0.342 e. The maximum absolute atomic E-state index is 13.4. The zero-order valence-corrected chi connectivity index (χ0v) is 19.7. The first-order valence-electron chi connectivity index (χ1n) is 10.7. The molecule has 0 spiro atoms. The van der Waals surface area contributed by atoms with Crippen LogP contribution in [0, 0.1) is 0 Å². The quantitative estimate of drug-likeness (QED) is 0.637. The van der Waals surface area contributed by atoms with Crippen LogP contribution in [0.5, 0.6) is 0 Å². The Morgan fingerprint density at radius 1 is 0.625 bits per heavy atom. The molecule has 0 saturated carbocycles. The highest BCUT2D eigenvalue weighted by molar-refractivity contribution is 5.93. The van der Waals surface area contributed by atoms with Gasteiger partial charge in [0.15, 0.2) is 0 Å². The van der Waals surface area contributed by atoms with Crippen LogP contribution in [0.3, 0.4) is 0 Å². The fraction of sp³-hybridized carbons (Fsp3) is 0.462. The van der Waals surface area contributed by atoms with Crippen molar-refractivity contribution in [3.8, 4) is 0 Å². The van der Waals surface area contributed by atoms with Gasteiger partial charge in [-0.05, 0) is 52.7 Å². The van der Waals surface area contributed by atoms with Crippen LogP contribution >= 0.6 is 0 Å². The molecule has 0 saturated heterocycles. The number of carbonyl (C=O) groups excluding carboxylic acids is 2. The van der Waals surface area contributed by atoms with Crippen molar-refractivity contribution in [1.29, 1.82) is 0 Å². The summed E-state index contributed by atoms with van der Waals surface area (Å²) in [5, 5.41) is 23.6. The molecule has 2 aromatic carbocycles. The Balaban J connectivity index is 2.65. The molecule has 174 valence electrons. The number of carbonyl (C=O) groups is 2. The Morgan fingerprint density at radius 2 is 0.906 bits per heavy atom. The third-order valence-electron chi connectivity index (χ3n) is 4.76. The lowest BCUT2D eigenvalue weighted by Crippen LogP contribution is -2.68. The molecule has 0 aromatic heterocycles. The molecule has 0 amide bonds. The summed E-state index contributed by atoms with van der Waals surface area (Å²) in [4.78, 5) is 26.7. The van der Waals surface area contributed by atoms with E-state index in [1.807, 2.05) is 0 Å². The van der Waals surface area contributed by atoms with Gasteiger partial charge >= 0.3 is 11.9 Å². The third kappa shape index (κ3) is 6.40. The SMILES string of the molecule is CC(C)(C)OC(=O)[C@@](O)(Cc1ccccc1)[C@](O)(Cc1ccccc1)C(=O)OC(C)(C)C. The lowest BCUT2D eigenvalue weighted by Gasteiger charge is -2.42. The van der Waals surface area contributed by atoms with Crippen molar-refractivity contribution in [1.82, 2.24) is 0 Å². The topological polar surface area (TPSA) is 93.1 Å². The number of hydrogen-bond donors (Lipinski definition) is 2. The maximum Gasteiger partial charge on any atom is 0.342 e. The average Bonchev–Trinajstić information content (AvgIpc) is 2.66. The van der Waals surface area contributed by atoms with Crippen LogP contribution in [0.15, 0.2) is 60.7 Å². The standard InChI is InChI=1S/C26H34O6/c1-23(2,3)31-21(27)25(29,17-19-13-9-7-10-14-19)26(30,22(28)32-24(4,5)6)18-20-15-11-8-12-16-20/h7-16,29-30H,17-18H2,1-6H3/t25-,26-/m0/s1. The highest BCUT2D eigenvalue weighted by Crippen LogP contribution is 2.35. The second-order valence-electron chi connectivity index (χ2n) is 10.0. The van der Waals surface area contributed by atoms with E-state index in [1.54, 1.807) is 102 Å². The number of ether oxygens (including phenoxy) is 2. The van der Waals surface area contributed by atoms with Crippen LogP contribution in [0.1, 0.15) is 52.7 Å². The van der Waals surface area contributed by atoms with Gasteiger partial charge in [0, 0.05) is 12.8 Å². The van der Waals surface area contributed by atoms with Crippen LogP contribution in [-0.4, -0.2) is 44.6 Å². The molecule has 0 aliphatic carbocycles. The normalized spacial score (nSPS) is 15.9. The van der Waals surface area contributed by atoms with Crippen LogP contribution in [0.25, 0.3) is 0 Å². The molecule has 6 heteroatoms. The number of aliphatic hydroxyl groups is 2. The fourth-order valence-electron chi connectivity index (χ4n) is 3.28. The predicted molar refractivity (Wildman–Crippen MR) is 122 cm³/mol. The highest BCUT2D eigenvalue weighted by Gasteiger charge is 2.62. The minimum Gasteiger partial charge on any atom is -0.458 e. The van der Waals surface area contributed by atoms with Crippen molar-refractivity contribution in [2.75, 3.05) is 0 Å². The highest BCUT2D eigenvalue weighted by atomic mass is 16.6. The van der Waals surface area contributed by atoms with Gasteiger partial charge < -0.3 is 19.7 Å². The van der Waals surface area contributed by atoms with Crippen molar-refractivity contribution >= 4 is 11.9 Å². The van der Waals surface area contributed by atoms with E-state index in [0.717, 1.165) is 0 Å². The second-order valence-corrected chi connectivity index (χ2v) is 10.0. The summed E-state index contributed by atoms with van der Waals surface area (Å²) >= 11 is 0. The maximum atomic E-state index is 13.4. The fourth-order valence-corrected chi connectivity index (χ4v) is 3.28. The molecule has 2 rings (SSSR count). The molecular formula is C26H34O6. The number of esters is 2. The molecule has 6 nitrogen and oxygen atoms in total. The molecular weight excluding hydrogens is 408 g/mol. The first-order valence-corrected chi connectivity index (χ1v) is 10.7. The van der Waals surface area contributed by atoms with E-state index >= 15 is 0 Å². The minimum absolute atomic E-state index is 0.342. The predicted octanol–water partition coefficient (Wildman–Crippen LogP) is 3.62. The van der Waals surface area contributed by atoms with Crippen LogP contribution in [-0.2, 0) is 31.9 Å². The Bertz CT molecular complexity index is 833. The monoisotopic (exact) mass is 442 g/mol. The summed E-state index contributed by atoms with van der Waals surface area (Å²) < 4.78 is 11.0. The summed E-state index contributed by atoms with van der Waals surface area (Å²) in [6.07, 6.45) is -0.684. The molecule has 0 aliphatic heterocycles. The number of rotatable bonds is 7.